The highest BCUT2D eigenvalue weighted by molar-refractivity contribution is 7.92. The van der Waals surface area contributed by atoms with Gasteiger partial charge in [-0.1, -0.05) is 24.3 Å². The van der Waals surface area contributed by atoms with E-state index in [0.717, 1.165) is 30.8 Å². The lowest BCUT2D eigenvalue weighted by molar-refractivity contribution is 0.102. The highest BCUT2D eigenvalue weighted by Gasteiger charge is 2.31. The van der Waals surface area contributed by atoms with Crippen molar-refractivity contribution in [1.29, 1.82) is 0 Å². The Morgan fingerprint density at radius 2 is 1.74 bits per heavy atom. The topological polar surface area (TPSA) is 79.0 Å². The Kier molecular flexibility index (Phi) is 5.69. The van der Waals surface area contributed by atoms with Gasteiger partial charge in [-0.3, -0.25) is 9.10 Å². The van der Waals surface area contributed by atoms with Crippen molar-refractivity contribution < 1.29 is 17.9 Å². The molecule has 3 aromatic rings. The molecule has 0 aromatic heterocycles. The molecular formula is C26H27N3O4S. The van der Waals surface area contributed by atoms with Gasteiger partial charge in [-0.05, 0) is 67.3 Å². The van der Waals surface area contributed by atoms with Gasteiger partial charge in [0.2, 0.25) is 0 Å². The first kappa shape index (κ1) is 22.3. The number of carbonyl (C=O) groups excluding carboxylic acids is 1. The van der Waals surface area contributed by atoms with Crippen LogP contribution in [0.5, 0.6) is 5.75 Å². The van der Waals surface area contributed by atoms with Crippen LogP contribution in [0, 0.1) is 0 Å². The summed E-state index contributed by atoms with van der Waals surface area (Å²) in [7, 11) is -2.37. The van der Waals surface area contributed by atoms with E-state index in [1.807, 2.05) is 42.5 Å². The number of anilines is 3. The van der Waals surface area contributed by atoms with E-state index in [-0.39, 0.29) is 10.5 Å². The van der Waals surface area contributed by atoms with Gasteiger partial charge < -0.3 is 15.0 Å². The highest BCUT2D eigenvalue weighted by atomic mass is 32.2. The number of hydrogen-bond donors (Lipinski definition) is 1. The average molecular weight is 478 g/mol. The Morgan fingerprint density at radius 3 is 2.53 bits per heavy atom. The molecule has 1 amide bonds. The average Bonchev–Trinajstić information content (AvgIpc) is 3.47. The summed E-state index contributed by atoms with van der Waals surface area (Å²) < 4.78 is 33.7. The summed E-state index contributed by atoms with van der Waals surface area (Å²) in [6.45, 7) is 4.35. The maximum atomic E-state index is 13.5. The number of amides is 1. The van der Waals surface area contributed by atoms with Crippen molar-refractivity contribution in [2.75, 3.05) is 41.3 Å². The third kappa shape index (κ3) is 3.77. The van der Waals surface area contributed by atoms with E-state index in [9.17, 15) is 13.2 Å². The molecule has 0 bridgehead atoms. The Bertz CT molecular complexity index is 1370. The van der Waals surface area contributed by atoms with E-state index in [1.54, 1.807) is 0 Å². The van der Waals surface area contributed by atoms with Gasteiger partial charge >= 0.3 is 0 Å². The molecule has 2 aliphatic heterocycles. The molecule has 1 N–H and O–H groups in total. The molecule has 0 aliphatic carbocycles. The second-order valence-electron chi connectivity index (χ2n) is 8.45. The number of nitrogens with one attached hydrogen (secondary N) is 1. The van der Waals surface area contributed by atoms with E-state index < -0.39 is 15.9 Å². The number of carbonyl (C=O) groups is 1. The minimum absolute atomic E-state index is 0.0567. The molecule has 3 aromatic carbocycles. The maximum Gasteiger partial charge on any atom is 0.264 e. The van der Waals surface area contributed by atoms with Gasteiger partial charge in [-0.25, -0.2) is 8.42 Å². The lowest BCUT2D eigenvalue weighted by atomic mass is 10.1. The summed E-state index contributed by atoms with van der Waals surface area (Å²) >= 11 is 0. The minimum Gasteiger partial charge on any atom is -0.496 e. The number of fused-ring (bicyclic) bond motifs is 2. The van der Waals surface area contributed by atoms with E-state index in [4.69, 9.17) is 4.74 Å². The Balaban J connectivity index is 1.46. The first-order valence-electron chi connectivity index (χ1n) is 11.4. The lowest BCUT2D eigenvalue weighted by Gasteiger charge is -2.20. The fourth-order valence-corrected chi connectivity index (χ4v) is 6.29. The van der Waals surface area contributed by atoms with E-state index in [0.29, 0.717) is 30.1 Å². The molecule has 0 saturated heterocycles. The zero-order valence-electron chi connectivity index (χ0n) is 19.2. The van der Waals surface area contributed by atoms with Gasteiger partial charge in [0.05, 0.1) is 23.3 Å². The number of nitrogens with zero attached hydrogens (tertiary/aromatic N) is 2. The summed E-state index contributed by atoms with van der Waals surface area (Å²) in [5.74, 6) is -0.105. The van der Waals surface area contributed by atoms with Crippen molar-refractivity contribution in [3.8, 4) is 5.75 Å². The van der Waals surface area contributed by atoms with Crippen molar-refractivity contribution in [3.05, 3.63) is 77.4 Å². The van der Waals surface area contributed by atoms with Crippen LogP contribution in [-0.2, 0) is 22.9 Å². The molecule has 0 saturated carbocycles. The monoisotopic (exact) mass is 477 g/mol. The number of hydrogen-bond acceptors (Lipinski definition) is 5. The molecule has 0 unspecified atom stereocenters. The third-order valence-corrected chi connectivity index (χ3v) is 8.37. The van der Waals surface area contributed by atoms with Gasteiger partial charge in [-0.2, -0.15) is 0 Å². The van der Waals surface area contributed by atoms with Crippen LogP contribution in [0.15, 0.2) is 65.6 Å². The molecule has 0 spiro atoms. The predicted octanol–water partition coefficient (Wildman–Crippen LogP) is 4.08. The van der Waals surface area contributed by atoms with Crippen LogP contribution in [0.3, 0.4) is 0 Å². The van der Waals surface area contributed by atoms with Crippen molar-refractivity contribution in [1.82, 2.24) is 0 Å². The second-order valence-corrected chi connectivity index (χ2v) is 10.3. The molecule has 0 radical (unpaired) electrons. The molecule has 0 atom stereocenters. The fraction of sp³-hybridized carbons (Fsp3) is 0.269. The van der Waals surface area contributed by atoms with Crippen molar-refractivity contribution in [2.45, 2.75) is 24.7 Å². The molecular weight excluding hydrogens is 450 g/mol. The summed E-state index contributed by atoms with van der Waals surface area (Å²) in [6.07, 6.45) is 1.65. The van der Waals surface area contributed by atoms with Gasteiger partial charge in [0.1, 0.15) is 5.75 Å². The third-order valence-electron chi connectivity index (χ3n) is 6.56. The Labute approximate surface area is 200 Å². The van der Waals surface area contributed by atoms with Crippen LogP contribution in [-0.4, -0.2) is 41.1 Å². The van der Waals surface area contributed by atoms with Gasteiger partial charge in [0, 0.05) is 31.0 Å². The van der Waals surface area contributed by atoms with Crippen LogP contribution in [0.25, 0.3) is 0 Å². The van der Waals surface area contributed by atoms with Crippen molar-refractivity contribution in [3.63, 3.8) is 0 Å². The largest absolute Gasteiger partial charge is 0.496 e. The number of rotatable bonds is 6. The SMILES string of the molecule is CCN1CCc2ccc(NC(=O)c3cc(S(=O)(=O)N4CCc5ccccc54)ccc3OC)cc21. The maximum absolute atomic E-state index is 13.5. The van der Waals surface area contributed by atoms with E-state index >= 15 is 0 Å². The summed E-state index contributed by atoms with van der Waals surface area (Å²) in [5, 5.41) is 2.92. The molecule has 7 nitrogen and oxygen atoms in total. The van der Waals surface area contributed by atoms with Gasteiger partial charge in [0.25, 0.3) is 15.9 Å². The van der Waals surface area contributed by atoms with Crippen LogP contribution < -0.4 is 19.3 Å². The van der Waals surface area contributed by atoms with Crippen LogP contribution in [0.2, 0.25) is 0 Å². The zero-order valence-corrected chi connectivity index (χ0v) is 20.1. The minimum atomic E-state index is -3.83. The van der Waals surface area contributed by atoms with Crippen molar-refractivity contribution in [2.24, 2.45) is 0 Å². The number of likely N-dealkylation sites (N-methyl/N-ethyl adjacent to an activating group) is 1. The number of sulfonamides is 1. The number of methoxy groups -OCH3 is 1. The van der Waals surface area contributed by atoms with E-state index in [1.165, 1.54) is 35.2 Å². The second kappa shape index (κ2) is 8.68. The first-order chi connectivity index (χ1) is 16.4. The highest BCUT2D eigenvalue weighted by Crippen LogP contribution is 2.35. The zero-order chi connectivity index (χ0) is 23.9. The van der Waals surface area contributed by atoms with E-state index in [2.05, 4.69) is 17.1 Å². The van der Waals surface area contributed by atoms with Crippen molar-refractivity contribution >= 4 is 33.0 Å². The molecule has 34 heavy (non-hydrogen) atoms. The molecule has 2 aliphatic rings. The van der Waals surface area contributed by atoms with Crippen LogP contribution >= 0.6 is 0 Å². The normalized spacial score (nSPS) is 14.6. The lowest BCUT2D eigenvalue weighted by Crippen LogP contribution is -2.29. The van der Waals surface area contributed by atoms with Crippen LogP contribution in [0.4, 0.5) is 17.1 Å². The fourth-order valence-electron chi connectivity index (χ4n) is 4.76. The molecule has 5 rings (SSSR count). The molecule has 8 heteroatoms. The first-order valence-corrected chi connectivity index (χ1v) is 12.8. The molecule has 2 heterocycles. The number of benzene rings is 3. The summed E-state index contributed by atoms with van der Waals surface area (Å²) in [5.41, 5.74) is 4.89. The predicted molar refractivity (Wildman–Crippen MR) is 134 cm³/mol. The van der Waals surface area contributed by atoms with Gasteiger partial charge in [0.15, 0.2) is 0 Å². The summed E-state index contributed by atoms with van der Waals surface area (Å²) in [6, 6.07) is 17.8. The van der Waals surface area contributed by atoms with Crippen LogP contribution in [0.1, 0.15) is 28.4 Å². The number of para-hydroxylation sites is 1. The summed E-state index contributed by atoms with van der Waals surface area (Å²) in [4.78, 5) is 15.6. The molecule has 0 fully saturated rings. The quantitative estimate of drug-likeness (QED) is 0.579. The Morgan fingerprint density at radius 1 is 0.971 bits per heavy atom. The van der Waals surface area contributed by atoms with Gasteiger partial charge in [-0.15, -0.1) is 0 Å². The Hall–Kier alpha value is -3.52. The number of ether oxygens (including phenoxy) is 1. The standard InChI is InChI=1S/C26H27N3O4S/c1-3-28-14-12-19-8-9-20(16-24(19)28)27-26(30)22-17-21(10-11-25(22)33-2)34(31,32)29-15-13-18-6-4-5-7-23(18)29/h4-11,16-17H,3,12-15H2,1-2H3,(H,27,30). The smallest absolute Gasteiger partial charge is 0.264 e. The molecule has 176 valence electrons.